The molecular weight excluding hydrogens is 225 g/mol. The van der Waals surface area contributed by atoms with Crippen LogP contribution in [-0.2, 0) is 4.74 Å². The van der Waals surface area contributed by atoms with Crippen molar-refractivity contribution in [2.24, 2.45) is 0 Å². The van der Waals surface area contributed by atoms with Gasteiger partial charge in [-0.15, -0.1) is 0 Å². The molecule has 0 aromatic heterocycles. The van der Waals surface area contributed by atoms with E-state index < -0.39 is 11.9 Å². The summed E-state index contributed by atoms with van der Waals surface area (Å²) < 4.78 is 18.2. The highest BCUT2D eigenvalue weighted by Gasteiger charge is 2.14. The first-order chi connectivity index (χ1) is 8.10. The molecule has 0 heterocycles. The normalized spacial score (nSPS) is 12.2. The molecule has 1 aromatic carbocycles. The van der Waals surface area contributed by atoms with Crippen LogP contribution in [0, 0.1) is 5.82 Å². The van der Waals surface area contributed by atoms with E-state index in [0.29, 0.717) is 12.0 Å². The van der Waals surface area contributed by atoms with Gasteiger partial charge in [0.1, 0.15) is 5.82 Å². The second-order valence-electron chi connectivity index (χ2n) is 3.78. The average molecular weight is 241 g/mol. The predicted octanol–water partition coefficient (Wildman–Crippen LogP) is 1.08. The number of methoxy groups -OCH3 is 1. The van der Waals surface area contributed by atoms with Crippen LogP contribution in [-0.4, -0.2) is 44.8 Å². The first kappa shape index (κ1) is 13.6. The van der Waals surface area contributed by atoms with Crippen LogP contribution in [0.4, 0.5) is 10.1 Å². The zero-order chi connectivity index (χ0) is 12.8. The number of benzene rings is 1. The molecule has 94 valence electrons. The van der Waals surface area contributed by atoms with Gasteiger partial charge in [-0.1, -0.05) is 6.07 Å². The summed E-state index contributed by atoms with van der Waals surface area (Å²) in [6.07, 6.45) is -0.211. The molecule has 0 amide bonds. The number of aldehydes is 1. The van der Waals surface area contributed by atoms with Gasteiger partial charge in [-0.05, 0) is 12.1 Å². The summed E-state index contributed by atoms with van der Waals surface area (Å²) >= 11 is 0. The van der Waals surface area contributed by atoms with Crippen molar-refractivity contribution in [3.63, 3.8) is 0 Å². The van der Waals surface area contributed by atoms with Crippen LogP contribution in [0.5, 0.6) is 0 Å². The molecule has 0 radical (unpaired) electrons. The Bertz CT molecular complexity index is 384. The molecule has 0 spiro atoms. The largest absolute Gasteiger partial charge is 0.389 e. The Morgan fingerprint density at radius 1 is 1.59 bits per heavy atom. The SMILES string of the molecule is COCC(O)CN(C)c1cccc(F)c1C=O. The van der Waals surface area contributed by atoms with E-state index in [-0.39, 0.29) is 18.7 Å². The van der Waals surface area contributed by atoms with Crippen LogP contribution in [0.25, 0.3) is 0 Å². The van der Waals surface area contributed by atoms with E-state index in [9.17, 15) is 14.3 Å². The topological polar surface area (TPSA) is 49.8 Å². The minimum Gasteiger partial charge on any atom is -0.389 e. The third kappa shape index (κ3) is 3.51. The smallest absolute Gasteiger partial charge is 0.155 e. The number of rotatable bonds is 6. The third-order valence-corrected chi connectivity index (χ3v) is 2.40. The third-order valence-electron chi connectivity index (χ3n) is 2.40. The summed E-state index contributed by atoms with van der Waals surface area (Å²) in [6, 6.07) is 4.38. The summed E-state index contributed by atoms with van der Waals surface area (Å²) in [6.45, 7) is 0.453. The van der Waals surface area contributed by atoms with Crippen molar-refractivity contribution in [2.75, 3.05) is 32.2 Å². The Kier molecular flexibility index (Phi) is 5.06. The number of likely N-dealkylation sites (N-methyl/N-ethyl adjacent to an activating group) is 1. The van der Waals surface area contributed by atoms with Gasteiger partial charge in [0.15, 0.2) is 6.29 Å². The zero-order valence-electron chi connectivity index (χ0n) is 9.89. The number of hydrogen-bond acceptors (Lipinski definition) is 4. The number of hydrogen-bond donors (Lipinski definition) is 1. The molecule has 0 saturated carbocycles. The van der Waals surface area contributed by atoms with Crippen LogP contribution in [0.1, 0.15) is 10.4 Å². The van der Waals surface area contributed by atoms with Gasteiger partial charge in [-0.2, -0.15) is 0 Å². The maximum atomic E-state index is 13.4. The van der Waals surface area contributed by atoms with E-state index in [2.05, 4.69) is 0 Å². The number of aliphatic hydroxyl groups excluding tert-OH is 1. The van der Waals surface area contributed by atoms with Crippen molar-refractivity contribution < 1.29 is 19.0 Å². The summed E-state index contributed by atoms with van der Waals surface area (Å²) in [7, 11) is 3.17. The monoisotopic (exact) mass is 241 g/mol. The van der Waals surface area contributed by atoms with Gasteiger partial charge in [0.2, 0.25) is 0 Å². The molecule has 0 aliphatic heterocycles. The van der Waals surface area contributed by atoms with Gasteiger partial charge in [0, 0.05) is 20.7 Å². The fraction of sp³-hybridized carbons (Fsp3) is 0.417. The molecule has 0 aliphatic carbocycles. The maximum Gasteiger partial charge on any atom is 0.155 e. The fourth-order valence-electron chi connectivity index (χ4n) is 1.63. The lowest BCUT2D eigenvalue weighted by molar-refractivity contribution is 0.0694. The van der Waals surface area contributed by atoms with E-state index in [1.807, 2.05) is 0 Å². The van der Waals surface area contributed by atoms with Crippen molar-refractivity contribution in [1.82, 2.24) is 0 Å². The van der Waals surface area contributed by atoms with Gasteiger partial charge in [-0.3, -0.25) is 4.79 Å². The van der Waals surface area contributed by atoms with Gasteiger partial charge >= 0.3 is 0 Å². The Morgan fingerprint density at radius 3 is 2.88 bits per heavy atom. The highest BCUT2D eigenvalue weighted by atomic mass is 19.1. The van der Waals surface area contributed by atoms with Crippen molar-refractivity contribution in [3.05, 3.63) is 29.6 Å². The number of anilines is 1. The number of aliphatic hydroxyl groups is 1. The highest BCUT2D eigenvalue weighted by molar-refractivity contribution is 5.84. The molecule has 1 N–H and O–H groups in total. The molecule has 1 atom stereocenters. The van der Waals surface area contributed by atoms with Crippen LogP contribution in [0.2, 0.25) is 0 Å². The maximum absolute atomic E-state index is 13.4. The number of halogens is 1. The lowest BCUT2D eigenvalue weighted by Gasteiger charge is -2.23. The first-order valence-electron chi connectivity index (χ1n) is 5.22. The van der Waals surface area contributed by atoms with Crippen molar-refractivity contribution in [2.45, 2.75) is 6.10 Å². The molecule has 1 rings (SSSR count). The number of carbonyl (C=O) groups is 1. The molecule has 1 unspecified atom stereocenters. The quantitative estimate of drug-likeness (QED) is 0.757. The van der Waals surface area contributed by atoms with Crippen molar-refractivity contribution in [3.8, 4) is 0 Å². The lowest BCUT2D eigenvalue weighted by atomic mass is 10.1. The molecule has 0 aliphatic rings. The van der Waals surface area contributed by atoms with Crippen LogP contribution < -0.4 is 4.90 Å². The summed E-state index contributed by atoms with van der Waals surface area (Å²) in [5.41, 5.74) is 0.453. The van der Waals surface area contributed by atoms with Gasteiger partial charge in [0.05, 0.1) is 24.0 Å². The van der Waals surface area contributed by atoms with E-state index >= 15 is 0 Å². The standard InChI is InChI=1S/C12H16FNO3/c1-14(6-9(16)8-17-2)12-5-3-4-11(13)10(12)7-15/h3-5,7,9,16H,6,8H2,1-2H3. The van der Waals surface area contributed by atoms with Crippen LogP contribution >= 0.6 is 0 Å². The fourth-order valence-corrected chi connectivity index (χ4v) is 1.63. The Morgan fingerprint density at radius 2 is 2.29 bits per heavy atom. The van der Waals surface area contributed by atoms with E-state index in [0.717, 1.165) is 0 Å². The molecule has 0 bridgehead atoms. The highest BCUT2D eigenvalue weighted by Crippen LogP contribution is 2.20. The average Bonchev–Trinajstić information content (AvgIpc) is 2.28. The van der Waals surface area contributed by atoms with E-state index in [1.165, 1.54) is 19.2 Å². The second-order valence-corrected chi connectivity index (χ2v) is 3.78. The molecule has 4 nitrogen and oxygen atoms in total. The Hall–Kier alpha value is -1.46. The molecule has 0 fully saturated rings. The molecule has 0 saturated heterocycles. The minimum atomic E-state index is -0.687. The molecular formula is C12H16FNO3. The number of carbonyl (C=O) groups excluding carboxylic acids is 1. The van der Waals surface area contributed by atoms with Crippen molar-refractivity contribution >= 4 is 12.0 Å². The number of ether oxygens (including phenoxy) is 1. The van der Waals surface area contributed by atoms with E-state index in [4.69, 9.17) is 4.74 Å². The summed E-state index contributed by atoms with van der Waals surface area (Å²) in [4.78, 5) is 12.4. The lowest BCUT2D eigenvalue weighted by Crippen LogP contribution is -2.32. The summed E-state index contributed by atoms with van der Waals surface area (Å²) in [5, 5.41) is 9.57. The molecule has 17 heavy (non-hydrogen) atoms. The van der Waals surface area contributed by atoms with Crippen molar-refractivity contribution in [1.29, 1.82) is 0 Å². The molecule has 5 heteroatoms. The van der Waals surface area contributed by atoms with Crippen LogP contribution in [0.15, 0.2) is 18.2 Å². The van der Waals surface area contributed by atoms with Gasteiger partial charge in [-0.25, -0.2) is 4.39 Å². The predicted molar refractivity (Wildman–Crippen MR) is 62.9 cm³/mol. The zero-order valence-corrected chi connectivity index (χ0v) is 9.89. The minimum absolute atomic E-state index is 0.000355. The Labute approximate surface area is 99.6 Å². The Balaban J connectivity index is 2.84. The van der Waals surface area contributed by atoms with Crippen LogP contribution in [0.3, 0.4) is 0 Å². The van der Waals surface area contributed by atoms with E-state index in [1.54, 1.807) is 18.0 Å². The molecule has 1 aromatic rings. The van der Waals surface area contributed by atoms with Gasteiger partial charge < -0.3 is 14.7 Å². The number of nitrogens with zero attached hydrogens (tertiary/aromatic N) is 1. The first-order valence-corrected chi connectivity index (χ1v) is 5.22. The van der Waals surface area contributed by atoms with Gasteiger partial charge in [0.25, 0.3) is 0 Å². The summed E-state index contributed by atoms with van der Waals surface area (Å²) in [5.74, 6) is -0.564. The second kappa shape index (κ2) is 6.32.